The lowest BCUT2D eigenvalue weighted by molar-refractivity contribution is -0.137. The molecule has 0 saturated heterocycles. The summed E-state index contributed by atoms with van der Waals surface area (Å²) >= 11 is 0. The first-order chi connectivity index (χ1) is 17.3. The number of rotatable bonds is 7. The number of fused-ring (bicyclic) bond motifs is 2. The zero-order valence-corrected chi connectivity index (χ0v) is 19.3. The van der Waals surface area contributed by atoms with Crippen molar-refractivity contribution in [2.24, 2.45) is 0 Å². The number of benzene rings is 3. The standard InChI is InChI=1S/C25H24F3N7O/c1-2-11-29-16-9-10-20-22(12-16)34-25(33-20,32-19-6-4-3-5-18(19)24(26,27)28)23(36)31-17-8-7-15-14-30-35-21(15)13-17/h3-10,12-14,29,32-34H,2,11H2,1H3,(H,30,35)(H,31,36). The molecule has 4 aromatic rings. The van der Waals surface area contributed by atoms with E-state index >= 15 is 0 Å². The first kappa shape index (κ1) is 23.3. The lowest BCUT2D eigenvalue weighted by Gasteiger charge is -2.32. The molecule has 6 N–H and O–H groups in total. The van der Waals surface area contributed by atoms with Gasteiger partial charge in [0.1, 0.15) is 0 Å². The van der Waals surface area contributed by atoms with E-state index in [1.165, 1.54) is 18.2 Å². The van der Waals surface area contributed by atoms with Crippen molar-refractivity contribution < 1.29 is 18.0 Å². The van der Waals surface area contributed by atoms with E-state index in [2.05, 4.69) is 36.8 Å². The third-order valence-electron chi connectivity index (χ3n) is 5.84. The third-order valence-corrected chi connectivity index (χ3v) is 5.84. The molecule has 11 heteroatoms. The molecule has 1 aliphatic heterocycles. The summed E-state index contributed by atoms with van der Waals surface area (Å²) < 4.78 is 41.2. The van der Waals surface area contributed by atoms with E-state index in [9.17, 15) is 18.0 Å². The number of halogens is 3. The van der Waals surface area contributed by atoms with Crippen molar-refractivity contribution in [3.8, 4) is 0 Å². The van der Waals surface area contributed by atoms with Crippen LogP contribution in [-0.4, -0.2) is 28.4 Å². The van der Waals surface area contributed by atoms with Crippen LogP contribution in [-0.2, 0) is 11.0 Å². The molecule has 0 aliphatic carbocycles. The number of amides is 1. The number of carbonyl (C=O) groups is 1. The van der Waals surface area contributed by atoms with Crippen molar-refractivity contribution in [2.45, 2.75) is 25.3 Å². The number of H-pyrrole nitrogens is 1. The van der Waals surface area contributed by atoms with Crippen molar-refractivity contribution >= 4 is 45.2 Å². The fraction of sp³-hybridized carbons (Fsp3) is 0.200. The summed E-state index contributed by atoms with van der Waals surface area (Å²) in [4.78, 5) is 13.7. The quantitative estimate of drug-likeness (QED) is 0.198. The van der Waals surface area contributed by atoms with Gasteiger partial charge in [-0.3, -0.25) is 9.89 Å². The van der Waals surface area contributed by atoms with Gasteiger partial charge < -0.3 is 26.6 Å². The monoisotopic (exact) mass is 495 g/mol. The Bertz CT molecular complexity index is 1420. The van der Waals surface area contributed by atoms with Gasteiger partial charge in [-0.2, -0.15) is 18.3 Å². The largest absolute Gasteiger partial charge is 0.418 e. The van der Waals surface area contributed by atoms with E-state index in [-0.39, 0.29) is 5.69 Å². The molecule has 3 aromatic carbocycles. The number of para-hydroxylation sites is 1. The van der Waals surface area contributed by atoms with Gasteiger partial charge in [0.25, 0.3) is 11.7 Å². The van der Waals surface area contributed by atoms with Crippen molar-refractivity contribution in [2.75, 3.05) is 33.1 Å². The van der Waals surface area contributed by atoms with E-state index in [4.69, 9.17) is 0 Å². The van der Waals surface area contributed by atoms with Crippen molar-refractivity contribution in [3.63, 3.8) is 0 Å². The Balaban J connectivity index is 1.51. The summed E-state index contributed by atoms with van der Waals surface area (Å²) in [6.45, 7) is 2.79. The van der Waals surface area contributed by atoms with Crippen LogP contribution in [0.2, 0.25) is 0 Å². The average molecular weight is 496 g/mol. The Morgan fingerprint density at radius 2 is 1.78 bits per heavy atom. The van der Waals surface area contributed by atoms with Gasteiger partial charge in [0.2, 0.25) is 0 Å². The maximum Gasteiger partial charge on any atom is 0.418 e. The predicted molar refractivity (Wildman–Crippen MR) is 135 cm³/mol. The number of hydrogen-bond donors (Lipinski definition) is 6. The topological polar surface area (TPSA) is 106 Å². The maximum atomic E-state index is 13.7. The lowest BCUT2D eigenvalue weighted by atomic mass is 10.1. The minimum Gasteiger partial charge on any atom is -0.385 e. The van der Waals surface area contributed by atoms with Crippen molar-refractivity contribution in [1.82, 2.24) is 10.2 Å². The second-order valence-electron chi connectivity index (χ2n) is 8.48. The van der Waals surface area contributed by atoms with Crippen LogP contribution in [0.25, 0.3) is 10.9 Å². The number of nitrogens with one attached hydrogen (secondary N) is 6. The zero-order chi connectivity index (χ0) is 25.3. The molecule has 1 unspecified atom stereocenters. The number of hydrogen-bond acceptors (Lipinski definition) is 6. The van der Waals surface area contributed by atoms with Gasteiger partial charge >= 0.3 is 6.18 Å². The second-order valence-corrected chi connectivity index (χ2v) is 8.48. The van der Waals surface area contributed by atoms with Gasteiger partial charge in [0.15, 0.2) is 0 Å². The highest BCUT2D eigenvalue weighted by Gasteiger charge is 2.46. The molecule has 1 aliphatic rings. The molecule has 186 valence electrons. The molecule has 1 atom stereocenters. The third kappa shape index (κ3) is 4.47. The second kappa shape index (κ2) is 8.99. The molecular formula is C25H24F3N7O. The number of alkyl halides is 3. The average Bonchev–Trinajstić information content (AvgIpc) is 3.46. The van der Waals surface area contributed by atoms with Crippen LogP contribution in [0.4, 0.5) is 41.6 Å². The maximum absolute atomic E-state index is 13.7. The lowest BCUT2D eigenvalue weighted by Crippen LogP contribution is -2.59. The van der Waals surface area contributed by atoms with E-state index in [0.29, 0.717) is 22.6 Å². The van der Waals surface area contributed by atoms with Gasteiger partial charge in [-0.25, -0.2) is 0 Å². The van der Waals surface area contributed by atoms with Crippen LogP contribution in [0, 0.1) is 0 Å². The SMILES string of the molecule is CCCNc1ccc2c(c1)NC(Nc1ccccc1C(F)(F)F)(C(=O)Nc1ccc3cn[nH]c3c1)N2. The molecule has 36 heavy (non-hydrogen) atoms. The van der Waals surface area contributed by atoms with Crippen LogP contribution in [0.3, 0.4) is 0 Å². The molecule has 8 nitrogen and oxygen atoms in total. The molecule has 1 amide bonds. The molecule has 1 aromatic heterocycles. The number of aromatic nitrogens is 2. The van der Waals surface area contributed by atoms with Crippen LogP contribution >= 0.6 is 0 Å². The van der Waals surface area contributed by atoms with Crippen molar-refractivity contribution in [1.29, 1.82) is 0 Å². The highest BCUT2D eigenvalue weighted by molar-refractivity contribution is 6.07. The Hall–Kier alpha value is -4.41. The minimum atomic E-state index is -4.62. The first-order valence-corrected chi connectivity index (χ1v) is 11.4. The van der Waals surface area contributed by atoms with E-state index < -0.39 is 23.4 Å². The molecule has 2 heterocycles. The summed E-state index contributed by atoms with van der Waals surface area (Å²) in [6.07, 6.45) is -2.04. The smallest absolute Gasteiger partial charge is 0.385 e. The van der Waals surface area contributed by atoms with Crippen LogP contribution in [0.5, 0.6) is 0 Å². The molecule has 0 bridgehead atoms. The summed E-state index contributed by atoms with van der Waals surface area (Å²) in [5.41, 5.74) is 1.97. The van der Waals surface area contributed by atoms with Gasteiger partial charge in [-0.05, 0) is 55.0 Å². The molecule has 0 radical (unpaired) electrons. The molecule has 0 spiro atoms. The first-order valence-electron chi connectivity index (χ1n) is 11.4. The van der Waals surface area contributed by atoms with Gasteiger partial charge in [0, 0.05) is 29.0 Å². The number of anilines is 5. The van der Waals surface area contributed by atoms with Crippen LogP contribution in [0.1, 0.15) is 18.9 Å². The highest BCUT2D eigenvalue weighted by atomic mass is 19.4. The normalized spacial score (nSPS) is 16.7. The Kier molecular flexibility index (Phi) is 5.83. The molecule has 5 rings (SSSR count). The number of nitrogens with zero attached hydrogens (tertiary/aromatic N) is 1. The van der Waals surface area contributed by atoms with Gasteiger partial charge in [-0.15, -0.1) is 0 Å². The van der Waals surface area contributed by atoms with Gasteiger partial charge in [-0.1, -0.05) is 19.1 Å². The van der Waals surface area contributed by atoms with Gasteiger partial charge in [0.05, 0.1) is 28.7 Å². The molecule has 0 fully saturated rings. The van der Waals surface area contributed by atoms with Crippen LogP contribution < -0.4 is 26.6 Å². The van der Waals surface area contributed by atoms with Crippen LogP contribution in [0.15, 0.2) is 66.9 Å². The Morgan fingerprint density at radius 1 is 1.00 bits per heavy atom. The van der Waals surface area contributed by atoms with E-state index in [1.807, 2.05) is 13.0 Å². The summed E-state index contributed by atoms with van der Waals surface area (Å²) in [7, 11) is 0. The molecule has 0 saturated carbocycles. The Morgan fingerprint density at radius 3 is 2.58 bits per heavy atom. The van der Waals surface area contributed by atoms with E-state index in [0.717, 1.165) is 30.1 Å². The fourth-order valence-corrected chi connectivity index (χ4v) is 4.08. The van der Waals surface area contributed by atoms with E-state index in [1.54, 1.807) is 36.5 Å². The summed E-state index contributed by atoms with van der Waals surface area (Å²) in [5.74, 6) is -2.44. The molecular weight excluding hydrogens is 471 g/mol. The predicted octanol–water partition coefficient (Wildman–Crippen LogP) is 5.65. The fourth-order valence-electron chi connectivity index (χ4n) is 4.08. The van der Waals surface area contributed by atoms with Crippen molar-refractivity contribution in [3.05, 3.63) is 72.4 Å². The summed E-state index contributed by atoms with van der Waals surface area (Å²) in [5, 5.41) is 22.7. The zero-order valence-electron chi connectivity index (χ0n) is 19.3. The minimum absolute atomic E-state index is 0.249. The summed E-state index contributed by atoms with van der Waals surface area (Å²) in [6, 6.07) is 15.6. The number of aromatic amines is 1. The number of carbonyl (C=O) groups excluding carboxylic acids is 1. The highest BCUT2D eigenvalue weighted by Crippen LogP contribution is 2.40. The Labute approximate surface area is 204 Å².